The zero-order chi connectivity index (χ0) is 5.70. The number of carbonyl (C=O) groups excluding carboxylic acids is 1. The van der Waals surface area contributed by atoms with Gasteiger partial charge in [0.2, 0.25) is 0 Å². The number of aldehydes is 1. The third kappa shape index (κ3) is 2.26. The van der Waals surface area contributed by atoms with Crippen LogP contribution in [0.3, 0.4) is 0 Å². The van der Waals surface area contributed by atoms with Gasteiger partial charge in [-0.25, -0.2) is 0 Å². The van der Waals surface area contributed by atoms with E-state index in [0.29, 0.717) is 6.29 Å². The van der Waals surface area contributed by atoms with Gasteiger partial charge in [0.15, 0.2) is 12.4 Å². The molecule has 0 N–H and O–H groups in total. The lowest BCUT2D eigenvalue weighted by molar-refractivity contribution is -0.111. The van der Waals surface area contributed by atoms with Gasteiger partial charge in [-0.05, 0) is 12.9 Å². The quantitative estimate of drug-likeness (QED) is 0.239. The molecule has 2 nitrogen and oxygen atoms in total. The van der Waals surface area contributed by atoms with Gasteiger partial charge >= 0.3 is 0 Å². The van der Waals surface area contributed by atoms with Gasteiger partial charge < -0.3 is 0 Å². The van der Waals surface area contributed by atoms with E-state index in [1.165, 1.54) is 0 Å². The Morgan fingerprint density at radius 3 is 2.57 bits per heavy atom. The van der Waals surface area contributed by atoms with E-state index in [0.717, 1.165) is 0 Å². The molecule has 0 aliphatic heterocycles. The maximum absolute atomic E-state index is 9.65. The smallest absolute Gasteiger partial charge is 0.187 e. The van der Waals surface area contributed by atoms with Crippen LogP contribution in [0.2, 0.25) is 0 Å². The molecule has 0 radical (unpaired) electrons. The summed E-state index contributed by atoms with van der Waals surface area (Å²) in [6.07, 6.45) is 4.43. The van der Waals surface area contributed by atoms with Crippen LogP contribution in [-0.2, 0) is 8.98 Å². The Morgan fingerprint density at radius 2 is 2.57 bits per heavy atom. The van der Waals surface area contributed by atoms with Crippen LogP contribution >= 0.6 is 12.9 Å². The van der Waals surface area contributed by atoms with Crippen molar-refractivity contribution in [1.82, 2.24) is 0 Å². The first-order valence-electron chi connectivity index (χ1n) is 1.56. The average Bonchev–Trinajstić information content (AvgIpc) is 1.72. The minimum absolute atomic E-state index is 0.493. The molecule has 0 aromatic heterocycles. The second kappa shape index (κ2) is 3.72. The second-order valence-corrected chi connectivity index (χ2v) is 1.04. The van der Waals surface area contributed by atoms with Gasteiger partial charge in [-0.1, -0.05) is 5.92 Å². The van der Waals surface area contributed by atoms with E-state index in [1.54, 1.807) is 0 Å². The summed E-state index contributed by atoms with van der Waals surface area (Å²) < 4.78 is 4.14. The Morgan fingerprint density at radius 1 is 2.00 bits per heavy atom. The molecule has 0 aliphatic carbocycles. The average molecular weight is 116 g/mol. The molecule has 38 valence electrons. The highest BCUT2D eigenvalue weighted by Crippen LogP contribution is 1.85. The summed E-state index contributed by atoms with van der Waals surface area (Å²) in [6.45, 7) is 0. The molecule has 0 fully saturated rings. The lowest BCUT2D eigenvalue weighted by Crippen LogP contribution is -2.03. The van der Waals surface area contributed by atoms with Crippen molar-refractivity contribution in [3.05, 3.63) is 0 Å². The zero-order valence-corrected chi connectivity index (χ0v) is 4.39. The molecule has 0 aromatic rings. The van der Waals surface area contributed by atoms with Crippen LogP contribution in [0.5, 0.6) is 0 Å². The van der Waals surface area contributed by atoms with Gasteiger partial charge in [0.25, 0.3) is 0 Å². The first kappa shape index (κ1) is 6.54. The highest BCUT2D eigenvalue weighted by atomic mass is 32.1. The first-order valence-corrected chi connectivity index (χ1v) is 1.93. The molecule has 3 heteroatoms. The van der Waals surface area contributed by atoms with E-state index < -0.39 is 6.10 Å². The van der Waals surface area contributed by atoms with Crippen LogP contribution in [-0.4, -0.2) is 12.4 Å². The minimum atomic E-state index is -0.802. The van der Waals surface area contributed by atoms with Crippen molar-refractivity contribution in [1.29, 1.82) is 0 Å². The normalized spacial score (nSPS) is 12.0. The van der Waals surface area contributed by atoms with Crippen molar-refractivity contribution in [2.24, 2.45) is 0 Å². The Labute approximate surface area is 47.5 Å². The summed E-state index contributed by atoms with van der Waals surface area (Å²) in [5, 5.41) is 0. The molecule has 0 amide bonds. The Balaban J connectivity index is 3.43. The number of thiol groups is 1. The van der Waals surface area contributed by atoms with Crippen molar-refractivity contribution in [3.63, 3.8) is 0 Å². The molecule has 0 rings (SSSR count). The lowest BCUT2D eigenvalue weighted by Gasteiger charge is -1.91. The second-order valence-electron chi connectivity index (χ2n) is 0.829. The minimum Gasteiger partial charge on any atom is -0.299 e. The van der Waals surface area contributed by atoms with Crippen molar-refractivity contribution in [2.45, 2.75) is 6.10 Å². The zero-order valence-electron chi connectivity index (χ0n) is 3.50. The van der Waals surface area contributed by atoms with Gasteiger partial charge in [-0.2, -0.15) is 0 Å². The van der Waals surface area contributed by atoms with Gasteiger partial charge in [0, 0.05) is 0 Å². The fourth-order valence-corrected chi connectivity index (χ4v) is 0.205. The summed E-state index contributed by atoms with van der Waals surface area (Å²) in [5.41, 5.74) is 0. The lowest BCUT2D eigenvalue weighted by atomic mass is 10.4. The molecule has 0 spiro atoms. The molecule has 1 unspecified atom stereocenters. The van der Waals surface area contributed by atoms with Crippen LogP contribution in [0.25, 0.3) is 0 Å². The third-order valence-corrected chi connectivity index (χ3v) is 0.629. The summed E-state index contributed by atoms with van der Waals surface area (Å²) in [7, 11) is 0. The van der Waals surface area contributed by atoms with Gasteiger partial charge in [-0.15, -0.1) is 6.42 Å². The largest absolute Gasteiger partial charge is 0.299 e. The van der Waals surface area contributed by atoms with E-state index in [-0.39, 0.29) is 0 Å². The summed E-state index contributed by atoms with van der Waals surface area (Å²) in [4.78, 5) is 9.65. The maximum atomic E-state index is 9.65. The molecule has 0 aromatic carbocycles. The molecule has 0 saturated carbocycles. The predicted octanol–water partition coefficient (Wildman–Crippen LogP) is 0.0485. The topological polar surface area (TPSA) is 26.3 Å². The summed E-state index contributed by atoms with van der Waals surface area (Å²) in [6, 6.07) is 0. The van der Waals surface area contributed by atoms with Crippen molar-refractivity contribution in [2.75, 3.05) is 0 Å². The molecule has 7 heavy (non-hydrogen) atoms. The van der Waals surface area contributed by atoms with Crippen LogP contribution in [0.4, 0.5) is 0 Å². The molecule has 1 atom stereocenters. The molecule has 0 heterocycles. The number of carbonyl (C=O) groups is 1. The Bertz CT molecular complexity index is 94.4. The molecule has 0 saturated heterocycles. The highest BCUT2D eigenvalue weighted by Gasteiger charge is 1.95. The van der Waals surface area contributed by atoms with Crippen LogP contribution in [0, 0.1) is 12.3 Å². The number of hydrogen-bond donors (Lipinski definition) is 1. The maximum Gasteiger partial charge on any atom is 0.187 e. The van der Waals surface area contributed by atoms with Crippen molar-refractivity contribution in [3.8, 4) is 12.3 Å². The Hall–Kier alpha value is -0.460. The Kier molecular flexibility index (Phi) is 3.48. The van der Waals surface area contributed by atoms with Crippen molar-refractivity contribution < 1.29 is 8.98 Å². The molecular formula is C4H4O2S. The van der Waals surface area contributed by atoms with E-state index in [2.05, 4.69) is 17.1 Å². The molecule has 0 aliphatic rings. The van der Waals surface area contributed by atoms with E-state index in [9.17, 15) is 4.79 Å². The number of rotatable bonds is 2. The van der Waals surface area contributed by atoms with E-state index >= 15 is 0 Å². The van der Waals surface area contributed by atoms with Gasteiger partial charge in [0.1, 0.15) is 0 Å². The van der Waals surface area contributed by atoms with Crippen LogP contribution < -0.4 is 0 Å². The van der Waals surface area contributed by atoms with E-state index in [1.807, 2.05) is 5.92 Å². The summed E-state index contributed by atoms with van der Waals surface area (Å²) >= 11 is 3.30. The monoisotopic (exact) mass is 116 g/mol. The standard InChI is InChI=1S/C4H4O2S/c1-2-4(3-5)6-7/h1,3-4,7H. The fourth-order valence-electron chi connectivity index (χ4n) is 0.0946. The summed E-state index contributed by atoms with van der Waals surface area (Å²) in [5.74, 6) is 2.03. The first-order chi connectivity index (χ1) is 3.35. The van der Waals surface area contributed by atoms with Crippen molar-refractivity contribution >= 4 is 19.2 Å². The van der Waals surface area contributed by atoms with Crippen LogP contribution in [0.1, 0.15) is 0 Å². The third-order valence-electron chi connectivity index (χ3n) is 0.401. The van der Waals surface area contributed by atoms with E-state index in [4.69, 9.17) is 6.42 Å². The molecule has 0 bridgehead atoms. The number of hydrogen-bond acceptors (Lipinski definition) is 3. The number of terminal acetylenes is 1. The molecular weight excluding hydrogens is 112 g/mol. The van der Waals surface area contributed by atoms with Crippen LogP contribution in [0.15, 0.2) is 0 Å². The van der Waals surface area contributed by atoms with Gasteiger partial charge in [-0.3, -0.25) is 8.98 Å². The van der Waals surface area contributed by atoms with Gasteiger partial charge in [0.05, 0.1) is 0 Å². The fraction of sp³-hybridized carbons (Fsp3) is 0.250. The SMILES string of the molecule is C#CC(C=O)OS. The highest BCUT2D eigenvalue weighted by molar-refractivity contribution is 7.75. The predicted molar refractivity (Wildman–Crippen MR) is 28.8 cm³/mol.